The third-order valence-corrected chi connectivity index (χ3v) is 2.55. The summed E-state index contributed by atoms with van der Waals surface area (Å²) in [5.41, 5.74) is 0.865. The summed E-state index contributed by atoms with van der Waals surface area (Å²) in [6.07, 6.45) is 1.88. The number of methoxy groups -OCH3 is 1. The monoisotopic (exact) mass is 204 g/mol. The summed E-state index contributed by atoms with van der Waals surface area (Å²) in [6, 6.07) is 6.81. The second-order valence-electron chi connectivity index (χ2n) is 3.68. The molecule has 0 N–H and O–H groups in total. The van der Waals surface area contributed by atoms with Crippen LogP contribution in [0.15, 0.2) is 24.3 Å². The lowest BCUT2D eigenvalue weighted by Gasteiger charge is -2.05. The molecule has 0 spiro atoms. The van der Waals surface area contributed by atoms with E-state index >= 15 is 0 Å². The summed E-state index contributed by atoms with van der Waals surface area (Å²) in [5, 5.41) is 0. The molecule has 1 aliphatic carbocycles. The van der Waals surface area contributed by atoms with Crippen molar-refractivity contribution in [3.8, 4) is 0 Å². The van der Waals surface area contributed by atoms with Crippen LogP contribution in [0.1, 0.15) is 33.6 Å². The zero-order chi connectivity index (χ0) is 10.8. The molecular formula is C12H12O3. The first-order chi connectivity index (χ1) is 7.24. The van der Waals surface area contributed by atoms with E-state index in [4.69, 9.17) is 0 Å². The lowest BCUT2D eigenvalue weighted by molar-refractivity contribution is 0.0596. The SMILES string of the molecule is COC(=O)c1ccccc1C(=O)C1CC1. The van der Waals surface area contributed by atoms with Gasteiger partial charge >= 0.3 is 5.97 Å². The normalized spacial score (nSPS) is 14.7. The molecule has 0 unspecified atom stereocenters. The Labute approximate surface area is 88.1 Å². The van der Waals surface area contributed by atoms with Gasteiger partial charge in [0, 0.05) is 11.5 Å². The fourth-order valence-electron chi connectivity index (χ4n) is 1.55. The maximum Gasteiger partial charge on any atom is 0.338 e. The van der Waals surface area contributed by atoms with E-state index in [0.29, 0.717) is 11.1 Å². The predicted octanol–water partition coefficient (Wildman–Crippen LogP) is 2.07. The van der Waals surface area contributed by atoms with E-state index in [1.165, 1.54) is 7.11 Å². The number of benzene rings is 1. The van der Waals surface area contributed by atoms with Crippen LogP contribution in [-0.2, 0) is 4.74 Å². The molecule has 3 heteroatoms. The molecule has 0 saturated heterocycles. The van der Waals surface area contributed by atoms with Crippen LogP contribution in [0, 0.1) is 5.92 Å². The molecule has 1 aromatic rings. The molecule has 0 aromatic heterocycles. The fraction of sp³-hybridized carbons (Fsp3) is 0.333. The number of ether oxygens (including phenoxy) is 1. The molecule has 0 bridgehead atoms. The van der Waals surface area contributed by atoms with E-state index in [0.717, 1.165) is 12.8 Å². The topological polar surface area (TPSA) is 43.4 Å². The van der Waals surface area contributed by atoms with Crippen molar-refractivity contribution >= 4 is 11.8 Å². The van der Waals surface area contributed by atoms with Crippen LogP contribution in [-0.4, -0.2) is 18.9 Å². The van der Waals surface area contributed by atoms with Crippen molar-refractivity contribution in [3.05, 3.63) is 35.4 Å². The van der Waals surface area contributed by atoms with Gasteiger partial charge in [-0.15, -0.1) is 0 Å². The van der Waals surface area contributed by atoms with Crippen molar-refractivity contribution in [3.63, 3.8) is 0 Å². The first kappa shape index (κ1) is 9.90. The highest BCUT2D eigenvalue weighted by Crippen LogP contribution is 2.33. The first-order valence-corrected chi connectivity index (χ1v) is 4.95. The number of rotatable bonds is 3. The molecular weight excluding hydrogens is 192 g/mol. The maximum absolute atomic E-state index is 11.8. The third-order valence-electron chi connectivity index (χ3n) is 2.55. The molecule has 3 nitrogen and oxygen atoms in total. The zero-order valence-electron chi connectivity index (χ0n) is 8.53. The largest absolute Gasteiger partial charge is 0.465 e. The molecule has 0 heterocycles. The molecule has 0 radical (unpaired) electrons. The Kier molecular flexibility index (Phi) is 2.54. The molecule has 1 saturated carbocycles. The summed E-state index contributed by atoms with van der Waals surface area (Å²) >= 11 is 0. The Morgan fingerprint density at radius 2 is 1.80 bits per heavy atom. The molecule has 0 amide bonds. The minimum absolute atomic E-state index is 0.0657. The predicted molar refractivity (Wildman–Crippen MR) is 54.8 cm³/mol. The summed E-state index contributed by atoms with van der Waals surface area (Å²) in [7, 11) is 1.32. The summed E-state index contributed by atoms with van der Waals surface area (Å²) in [5.74, 6) is -0.258. The Bertz CT molecular complexity index is 405. The molecule has 0 aliphatic heterocycles. The van der Waals surface area contributed by atoms with Gasteiger partial charge in [0.25, 0.3) is 0 Å². The fourth-order valence-corrected chi connectivity index (χ4v) is 1.55. The summed E-state index contributed by atoms with van der Waals surface area (Å²) in [4.78, 5) is 23.2. The van der Waals surface area contributed by atoms with Gasteiger partial charge in [-0.2, -0.15) is 0 Å². The zero-order valence-corrected chi connectivity index (χ0v) is 8.53. The highest BCUT2D eigenvalue weighted by atomic mass is 16.5. The second kappa shape index (κ2) is 3.85. The quantitative estimate of drug-likeness (QED) is 0.559. The van der Waals surface area contributed by atoms with E-state index in [1.807, 2.05) is 0 Å². The molecule has 1 fully saturated rings. The van der Waals surface area contributed by atoms with Crippen LogP contribution in [0.2, 0.25) is 0 Å². The average molecular weight is 204 g/mol. The van der Waals surface area contributed by atoms with Crippen molar-refractivity contribution in [2.45, 2.75) is 12.8 Å². The van der Waals surface area contributed by atoms with Crippen molar-refractivity contribution in [2.75, 3.05) is 7.11 Å². The van der Waals surface area contributed by atoms with Crippen LogP contribution >= 0.6 is 0 Å². The number of carbonyl (C=O) groups excluding carboxylic acids is 2. The standard InChI is InChI=1S/C12H12O3/c1-15-12(14)10-5-3-2-4-9(10)11(13)8-6-7-8/h2-5,8H,6-7H2,1H3. The Morgan fingerprint density at radius 1 is 1.20 bits per heavy atom. The van der Waals surface area contributed by atoms with Crippen LogP contribution in [0.3, 0.4) is 0 Å². The maximum atomic E-state index is 11.8. The number of ketones is 1. The second-order valence-corrected chi connectivity index (χ2v) is 3.68. The number of carbonyl (C=O) groups is 2. The van der Waals surface area contributed by atoms with Gasteiger partial charge in [0.05, 0.1) is 12.7 Å². The van der Waals surface area contributed by atoms with Crippen molar-refractivity contribution in [1.29, 1.82) is 0 Å². The number of hydrogen-bond donors (Lipinski definition) is 0. The molecule has 78 valence electrons. The van der Waals surface area contributed by atoms with E-state index < -0.39 is 5.97 Å². The van der Waals surface area contributed by atoms with Crippen LogP contribution in [0.25, 0.3) is 0 Å². The van der Waals surface area contributed by atoms with Crippen LogP contribution in [0.5, 0.6) is 0 Å². The van der Waals surface area contributed by atoms with E-state index in [9.17, 15) is 9.59 Å². The lowest BCUT2D eigenvalue weighted by Crippen LogP contribution is -2.11. The average Bonchev–Trinajstić information content (AvgIpc) is 3.11. The summed E-state index contributed by atoms with van der Waals surface area (Å²) in [6.45, 7) is 0. The Hall–Kier alpha value is -1.64. The lowest BCUT2D eigenvalue weighted by atomic mass is 10.0. The van der Waals surface area contributed by atoms with Gasteiger partial charge in [0.1, 0.15) is 0 Å². The van der Waals surface area contributed by atoms with E-state index in [2.05, 4.69) is 4.74 Å². The molecule has 0 atom stereocenters. The van der Waals surface area contributed by atoms with Crippen LogP contribution < -0.4 is 0 Å². The number of hydrogen-bond acceptors (Lipinski definition) is 3. The van der Waals surface area contributed by atoms with Gasteiger partial charge in [-0.25, -0.2) is 4.79 Å². The van der Waals surface area contributed by atoms with Gasteiger partial charge in [-0.3, -0.25) is 4.79 Å². The summed E-state index contributed by atoms with van der Waals surface area (Å²) < 4.78 is 4.64. The van der Waals surface area contributed by atoms with Crippen LogP contribution in [0.4, 0.5) is 0 Å². The minimum atomic E-state index is -0.445. The molecule has 2 rings (SSSR count). The van der Waals surface area contributed by atoms with Crippen molar-refractivity contribution < 1.29 is 14.3 Å². The Morgan fingerprint density at radius 3 is 2.33 bits per heavy atom. The van der Waals surface area contributed by atoms with E-state index in [1.54, 1.807) is 24.3 Å². The Balaban J connectivity index is 2.36. The van der Waals surface area contributed by atoms with E-state index in [-0.39, 0.29) is 11.7 Å². The van der Waals surface area contributed by atoms with Crippen molar-refractivity contribution in [1.82, 2.24) is 0 Å². The first-order valence-electron chi connectivity index (χ1n) is 4.95. The molecule has 1 aromatic carbocycles. The van der Waals surface area contributed by atoms with Crippen molar-refractivity contribution in [2.24, 2.45) is 5.92 Å². The van der Waals surface area contributed by atoms with Gasteiger partial charge in [-0.05, 0) is 18.9 Å². The van der Waals surface area contributed by atoms with Gasteiger partial charge < -0.3 is 4.74 Å². The smallest absolute Gasteiger partial charge is 0.338 e. The number of esters is 1. The number of Topliss-reactive ketones (excluding diaryl/α,β-unsaturated/α-hetero) is 1. The highest BCUT2D eigenvalue weighted by Gasteiger charge is 2.32. The minimum Gasteiger partial charge on any atom is -0.465 e. The molecule has 15 heavy (non-hydrogen) atoms. The van der Waals surface area contributed by atoms with Gasteiger partial charge in [-0.1, -0.05) is 18.2 Å². The van der Waals surface area contributed by atoms with Gasteiger partial charge in [0.2, 0.25) is 0 Å². The third kappa shape index (κ3) is 1.91. The highest BCUT2D eigenvalue weighted by molar-refractivity contribution is 6.08. The molecule has 1 aliphatic rings. The van der Waals surface area contributed by atoms with Gasteiger partial charge in [0.15, 0.2) is 5.78 Å².